The Kier molecular flexibility index (Phi) is 5.77. The first kappa shape index (κ1) is 19.4. The lowest BCUT2D eigenvalue weighted by Gasteiger charge is -2.46. The van der Waals surface area contributed by atoms with Crippen LogP contribution in [-0.2, 0) is 23.7 Å². The van der Waals surface area contributed by atoms with Crippen LogP contribution in [0.3, 0.4) is 0 Å². The Bertz CT molecular complexity index is 528. The van der Waals surface area contributed by atoms with Gasteiger partial charge in [0.25, 0.3) is 0 Å². The van der Waals surface area contributed by atoms with E-state index in [0.29, 0.717) is 39.4 Å². The van der Waals surface area contributed by atoms with Gasteiger partial charge in [0, 0.05) is 13.0 Å². The minimum atomic E-state index is -0.398. The van der Waals surface area contributed by atoms with Crippen molar-refractivity contribution in [2.75, 3.05) is 33.0 Å². The first-order chi connectivity index (χ1) is 12.2. The van der Waals surface area contributed by atoms with Crippen LogP contribution in [0.4, 0.5) is 4.79 Å². The third kappa shape index (κ3) is 6.43. The molecule has 2 aliphatic heterocycles. The molecule has 0 spiro atoms. The Morgan fingerprint density at radius 2 is 1.65 bits per heavy atom. The maximum Gasteiger partial charge on any atom is 0.407 e. The van der Waals surface area contributed by atoms with E-state index < -0.39 is 6.09 Å². The predicted octanol–water partition coefficient (Wildman–Crippen LogP) is 2.28. The summed E-state index contributed by atoms with van der Waals surface area (Å²) in [6, 6.07) is 0. The second-order valence-corrected chi connectivity index (χ2v) is 9.18. The summed E-state index contributed by atoms with van der Waals surface area (Å²) in [7, 11) is 0. The quantitative estimate of drug-likeness (QED) is 0.521. The largest absolute Gasteiger partial charge is 0.463 e. The summed E-state index contributed by atoms with van der Waals surface area (Å²) >= 11 is 0. The van der Waals surface area contributed by atoms with Gasteiger partial charge in [0.05, 0.1) is 13.2 Å². The smallest absolute Gasteiger partial charge is 0.407 e. The number of carbonyl (C=O) groups excluding carboxylic acids is 2. The number of ether oxygens (including phenoxy) is 4. The highest BCUT2D eigenvalue weighted by atomic mass is 16.6. The van der Waals surface area contributed by atoms with E-state index in [-0.39, 0.29) is 34.9 Å². The van der Waals surface area contributed by atoms with Gasteiger partial charge in [-0.1, -0.05) is 20.8 Å². The first-order valence-corrected chi connectivity index (χ1v) is 9.53. The van der Waals surface area contributed by atoms with Crippen LogP contribution in [0.1, 0.15) is 46.5 Å². The first-order valence-electron chi connectivity index (χ1n) is 9.53. The highest BCUT2D eigenvalue weighted by molar-refractivity contribution is 5.69. The molecule has 0 aromatic rings. The van der Waals surface area contributed by atoms with E-state index in [2.05, 4.69) is 26.1 Å². The number of carbonyl (C=O) groups is 2. The van der Waals surface area contributed by atoms with Crippen molar-refractivity contribution in [3.05, 3.63) is 0 Å². The second kappa shape index (κ2) is 7.72. The Labute approximate surface area is 155 Å². The van der Waals surface area contributed by atoms with Crippen LogP contribution in [0, 0.1) is 16.7 Å². The van der Waals surface area contributed by atoms with Crippen molar-refractivity contribution < 1.29 is 28.5 Å². The number of rotatable bonds is 8. The monoisotopic (exact) mass is 369 g/mol. The number of esters is 1. The van der Waals surface area contributed by atoms with Gasteiger partial charge in [-0.25, -0.2) is 4.79 Å². The Balaban J connectivity index is 1.46. The molecule has 148 valence electrons. The minimum Gasteiger partial charge on any atom is -0.463 e. The molecular weight excluding hydrogens is 338 g/mol. The van der Waals surface area contributed by atoms with Crippen molar-refractivity contribution in [2.24, 2.45) is 16.7 Å². The topological polar surface area (TPSA) is 89.7 Å². The standard InChI is InChI=1S/C19H31NO6/c1-18(2)5-13(4-16(21)25-9-14-7-23-14)6-19(3,11-18)12-20-17(22)26-10-15-8-24-15/h13-15H,4-12H2,1-3H3,(H,20,22). The molecule has 2 saturated heterocycles. The van der Waals surface area contributed by atoms with Crippen molar-refractivity contribution in [3.63, 3.8) is 0 Å². The Hall–Kier alpha value is -1.34. The molecule has 26 heavy (non-hydrogen) atoms. The summed E-state index contributed by atoms with van der Waals surface area (Å²) in [6.45, 7) is 9.21. The lowest BCUT2D eigenvalue weighted by Crippen LogP contribution is -2.44. The van der Waals surface area contributed by atoms with Crippen molar-refractivity contribution >= 4 is 12.1 Å². The molecule has 0 bridgehead atoms. The second-order valence-electron chi connectivity index (χ2n) is 9.18. The van der Waals surface area contributed by atoms with Gasteiger partial charge in [0.2, 0.25) is 0 Å². The molecule has 1 amide bonds. The summed E-state index contributed by atoms with van der Waals surface area (Å²) in [5.74, 6) is 0.108. The molecule has 3 rings (SSSR count). The number of epoxide rings is 2. The molecule has 1 N–H and O–H groups in total. The van der Waals surface area contributed by atoms with Gasteiger partial charge in [-0.15, -0.1) is 0 Å². The molecule has 0 aromatic carbocycles. The van der Waals surface area contributed by atoms with Crippen LogP contribution in [0.5, 0.6) is 0 Å². The molecule has 2 heterocycles. The average Bonchev–Trinajstić information content (AvgIpc) is 3.42. The van der Waals surface area contributed by atoms with Gasteiger partial charge in [0.1, 0.15) is 25.4 Å². The molecule has 0 aromatic heterocycles. The molecule has 3 aliphatic rings. The van der Waals surface area contributed by atoms with Gasteiger partial charge >= 0.3 is 12.1 Å². The van der Waals surface area contributed by atoms with Crippen molar-refractivity contribution in [1.82, 2.24) is 5.32 Å². The maximum absolute atomic E-state index is 12.1. The van der Waals surface area contributed by atoms with Crippen LogP contribution in [0.15, 0.2) is 0 Å². The van der Waals surface area contributed by atoms with E-state index in [1.54, 1.807) is 0 Å². The van der Waals surface area contributed by atoms with Crippen molar-refractivity contribution in [1.29, 1.82) is 0 Å². The fraction of sp³-hybridized carbons (Fsp3) is 0.895. The summed E-state index contributed by atoms with van der Waals surface area (Å²) in [4.78, 5) is 24.0. The highest BCUT2D eigenvalue weighted by Gasteiger charge is 2.42. The van der Waals surface area contributed by atoms with E-state index >= 15 is 0 Å². The summed E-state index contributed by atoms with van der Waals surface area (Å²) in [5.41, 5.74) is 0.0480. The molecule has 1 saturated carbocycles. The van der Waals surface area contributed by atoms with Gasteiger partial charge in [-0.2, -0.15) is 0 Å². The fourth-order valence-electron chi connectivity index (χ4n) is 4.44. The van der Waals surface area contributed by atoms with Crippen LogP contribution in [0.25, 0.3) is 0 Å². The van der Waals surface area contributed by atoms with E-state index in [1.807, 2.05) is 0 Å². The molecule has 3 fully saturated rings. The van der Waals surface area contributed by atoms with Crippen molar-refractivity contribution in [3.8, 4) is 0 Å². The molecule has 0 radical (unpaired) electrons. The van der Waals surface area contributed by atoms with Gasteiger partial charge in [-0.3, -0.25) is 4.79 Å². The van der Waals surface area contributed by atoms with Crippen LogP contribution < -0.4 is 5.32 Å². The van der Waals surface area contributed by atoms with E-state index in [4.69, 9.17) is 18.9 Å². The molecule has 1 aliphatic carbocycles. The minimum absolute atomic E-state index is 0.0681. The van der Waals surface area contributed by atoms with Gasteiger partial charge in [-0.05, 0) is 36.0 Å². The number of hydrogen-bond donors (Lipinski definition) is 1. The molecule has 7 nitrogen and oxygen atoms in total. The molecular formula is C19H31NO6. The van der Waals surface area contributed by atoms with Crippen LogP contribution in [-0.4, -0.2) is 57.2 Å². The zero-order valence-electron chi connectivity index (χ0n) is 16.0. The SMILES string of the molecule is CC1(C)CC(CC(=O)OCC2CO2)CC(C)(CNC(=O)OCC2CO2)C1. The number of amides is 1. The van der Waals surface area contributed by atoms with Gasteiger partial charge in [0.15, 0.2) is 0 Å². The predicted molar refractivity (Wildman–Crippen MR) is 93.6 cm³/mol. The zero-order chi connectivity index (χ0) is 18.8. The van der Waals surface area contributed by atoms with Crippen LogP contribution in [0.2, 0.25) is 0 Å². The number of nitrogens with one attached hydrogen (secondary N) is 1. The summed E-state index contributed by atoms with van der Waals surface area (Å²) in [5, 5.41) is 2.89. The summed E-state index contributed by atoms with van der Waals surface area (Å²) < 4.78 is 20.5. The Morgan fingerprint density at radius 1 is 1.04 bits per heavy atom. The fourth-order valence-corrected chi connectivity index (χ4v) is 4.44. The maximum atomic E-state index is 12.1. The third-order valence-electron chi connectivity index (χ3n) is 5.28. The van der Waals surface area contributed by atoms with E-state index in [1.165, 1.54) is 0 Å². The zero-order valence-corrected chi connectivity index (χ0v) is 16.0. The molecule has 4 unspecified atom stereocenters. The number of alkyl carbamates (subject to hydrolysis) is 1. The lowest BCUT2D eigenvalue weighted by atomic mass is 9.60. The number of hydrogen-bond acceptors (Lipinski definition) is 6. The molecule has 7 heteroatoms. The normalized spacial score (nSPS) is 34.7. The van der Waals surface area contributed by atoms with E-state index in [0.717, 1.165) is 19.3 Å². The van der Waals surface area contributed by atoms with E-state index in [9.17, 15) is 9.59 Å². The average molecular weight is 369 g/mol. The van der Waals surface area contributed by atoms with Crippen molar-refractivity contribution in [2.45, 2.75) is 58.7 Å². The Morgan fingerprint density at radius 3 is 2.27 bits per heavy atom. The third-order valence-corrected chi connectivity index (χ3v) is 5.28. The highest BCUT2D eigenvalue weighted by Crippen LogP contribution is 2.49. The van der Waals surface area contributed by atoms with Crippen LogP contribution >= 0.6 is 0 Å². The lowest BCUT2D eigenvalue weighted by molar-refractivity contribution is -0.146. The summed E-state index contributed by atoms with van der Waals surface area (Å²) in [6.07, 6.45) is 3.07. The van der Waals surface area contributed by atoms with Gasteiger partial charge < -0.3 is 24.3 Å². The molecule has 4 atom stereocenters.